The number of amides is 1. The summed E-state index contributed by atoms with van der Waals surface area (Å²) in [6.07, 6.45) is 2.23. The molecule has 0 bridgehead atoms. The van der Waals surface area contributed by atoms with Crippen molar-refractivity contribution in [1.29, 1.82) is 0 Å². The largest absolute Gasteiger partial charge is 0.481 e. The van der Waals surface area contributed by atoms with E-state index >= 15 is 0 Å². The molecule has 0 unspecified atom stereocenters. The van der Waals surface area contributed by atoms with Crippen molar-refractivity contribution in [2.24, 2.45) is 5.92 Å². The van der Waals surface area contributed by atoms with Crippen molar-refractivity contribution in [2.45, 2.75) is 6.42 Å². The normalized spacial score (nSPS) is 18.4. The molecule has 20 heavy (non-hydrogen) atoms. The molecule has 2 heterocycles. The molecule has 1 N–H and O–H groups in total. The third-order valence-corrected chi connectivity index (χ3v) is 3.67. The molecule has 102 valence electrons. The highest BCUT2D eigenvalue weighted by molar-refractivity contribution is 5.98. The van der Waals surface area contributed by atoms with Crippen LogP contribution in [0.1, 0.15) is 16.8 Å². The Morgan fingerprint density at radius 1 is 1.30 bits per heavy atom. The first-order valence-electron chi connectivity index (χ1n) is 6.52. The van der Waals surface area contributed by atoms with Crippen molar-refractivity contribution in [3.63, 3.8) is 0 Å². The van der Waals surface area contributed by atoms with Crippen molar-refractivity contribution < 1.29 is 14.7 Å². The predicted octanol–water partition coefficient (Wildman–Crippen LogP) is 1.78. The maximum absolute atomic E-state index is 12.4. The molecule has 1 amide bonds. The average Bonchev–Trinajstić information content (AvgIpc) is 2.96. The van der Waals surface area contributed by atoms with Gasteiger partial charge in [0.2, 0.25) is 0 Å². The smallest absolute Gasteiger partial charge is 0.308 e. The van der Waals surface area contributed by atoms with Gasteiger partial charge in [-0.2, -0.15) is 0 Å². The second-order valence-corrected chi connectivity index (χ2v) is 4.99. The van der Waals surface area contributed by atoms with E-state index < -0.39 is 11.9 Å². The van der Waals surface area contributed by atoms with E-state index in [9.17, 15) is 9.59 Å². The van der Waals surface area contributed by atoms with Crippen molar-refractivity contribution in [3.05, 3.63) is 42.1 Å². The van der Waals surface area contributed by atoms with Crippen LogP contribution in [0.25, 0.3) is 10.9 Å². The molecule has 2 aromatic rings. The third kappa shape index (κ3) is 2.22. The molecule has 0 saturated carbocycles. The van der Waals surface area contributed by atoms with E-state index in [1.165, 1.54) is 0 Å². The fourth-order valence-corrected chi connectivity index (χ4v) is 2.54. The van der Waals surface area contributed by atoms with Crippen molar-refractivity contribution >= 4 is 22.8 Å². The molecule has 0 aliphatic carbocycles. The van der Waals surface area contributed by atoms with Crippen LogP contribution in [0.2, 0.25) is 0 Å². The standard InChI is InChI=1S/C15H14N2O3/c18-14(17-7-5-12(9-17)15(19)20)11-3-4-13-10(8-11)2-1-6-16-13/h1-4,6,8,12H,5,7,9H2,(H,19,20)/t12-/m1/s1. The van der Waals surface area contributed by atoms with E-state index in [0.29, 0.717) is 25.1 Å². The van der Waals surface area contributed by atoms with E-state index in [1.54, 1.807) is 23.2 Å². The number of benzene rings is 1. The van der Waals surface area contributed by atoms with Gasteiger partial charge >= 0.3 is 5.97 Å². The van der Waals surface area contributed by atoms with Gasteiger partial charge in [0, 0.05) is 30.2 Å². The van der Waals surface area contributed by atoms with E-state index in [0.717, 1.165) is 10.9 Å². The molecule has 1 aliphatic heterocycles. The molecular weight excluding hydrogens is 256 g/mol. The lowest BCUT2D eigenvalue weighted by Gasteiger charge is -2.16. The molecule has 1 saturated heterocycles. The minimum absolute atomic E-state index is 0.112. The second-order valence-electron chi connectivity index (χ2n) is 4.99. The summed E-state index contributed by atoms with van der Waals surface area (Å²) in [6, 6.07) is 9.09. The molecule has 0 spiro atoms. The van der Waals surface area contributed by atoms with Gasteiger partial charge in [-0.25, -0.2) is 0 Å². The monoisotopic (exact) mass is 270 g/mol. The van der Waals surface area contributed by atoms with Gasteiger partial charge < -0.3 is 10.0 Å². The summed E-state index contributed by atoms with van der Waals surface area (Å²) in [7, 11) is 0. The summed E-state index contributed by atoms with van der Waals surface area (Å²) >= 11 is 0. The first kappa shape index (κ1) is 12.6. The average molecular weight is 270 g/mol. The Labute approximate surface area is 115 Å². The minimum Gasteiger partial charge on any atom is -0.481 e. The molecule has 5 heteroatoms. The van der Waals surface area contributed by atoms with E-state index in [-0.39, 0.29) is 5.91 Å². The van der Waals surface area contributed by atoms with Crippen LogP contribution in [0.5, 0.6) is 0 Å². The summed E-state index contributed by atoms with van der Waals surface area (Å²) in [5.41, 5.74) is 1.42. The number of hydrogen-bond acceptors (Lipinski definition) is 3. The predicted molar refractivity (Wildman–Crippen MR) is 73.4 cm³/mol. The summed E-state index contributed by atoms with van der Waals surface area (Å²) in [5, 5.41) is 9.89. The third-order valence-electron chi connectivity index (χ3n) is 3.67. The SMILES string of the molecule is O=C(O)[C@@H]1CCN(C(=O)c2ccc3ncccc3c2)C1. The molecule has 1 aromatic heterocycles. The fourth-order valence-electron chi connectivity index (χ4n) is 2.54. The molecule has 1 atom stereocenters. The van der Waals surface area contributed by atoms with Gasteiger partial charge in [0.15, 0.2) is 0 Å². The number of carbonyl (C=O) groups is 2. The van der Waals surface area contributed by atoms with Crippen molar-refractivity contribution in [2.75, 3.05) is 13.1 Å². The van der Waals surface area contributed by atoms with Crippen LogP contribution in [0.15, 0.2) is 36.5 Å². The molecule has 5 nitrogen and oxygen atoms in total. The van der Waals surface area contributed by atoms with Crippen LogP contribution < -0.4 is 0 Å². The highest BCUT2D eigenvalue weighted by atomic mass is 16.4. The number of pyridine rings is 1. The van der Waals surface area contributed by atoms with Gasteiger partial charge in [0.1, 0.15) is 0 Å². The van der Waals surface area contributed by atoms with Gasteiger partial charge in [-0.05, 0) is 30.7 Å². The number of carboxylic acid groups (broad SMARTS) is 1. The molecule has 3 rings (SSSR count). The van der Waals surface area contributed by atoms with Gasteiger partial charge in [0.25, 0.3) is 5.91 Å². The zero-order chi connectivity index (χ0) is 14.1. The number of aliphatic carboxylic acids is 1. The topological polar surface area (TPSA) is 70.5 Å². The van der Waals surface area contributed by atoms with E-state index in [4.69, 9.17) is 5.11 Å². The second kappa shape index (κ2) is 4.92. The maximum atomic E-state index is 12.4. The van der Waals surface area contributed by atoms with Crippen LogP contribution in [-0.4, -0.2) is 40.0 Å². The molecule has 1 fully saturated rings. The number of hydrogen-bond donors (Lipinski definition) is 1. The van der Waals surface area contributed by atoms with Crippen LogP contribution in [0.4, 0.5) is 0 Å². The molecule has 1 aliphatic rings. The zero-order valence-corrected chi connectivity index (χ0v) is 10.8. The van der Waals surface area contributed by atoms with Crippen molar-refractivity contribution in [1.82, 2.24) is 9.88 Å². The van der Waals surface area contributed by atoms with Gasteiger partial charge in [-0.1, -0.05) is 6.07 Å². The first-order chi connectivity index (χ1) is 9.65. The van der Waals surface area contributed by atoms with Crippen molar-refractivity contribution in [3.8, 4) is 0 Å². The van der Waals surface area contributed by atoms with Gasteiger partial charge in [0.05, 0.1) is 11.4 Å². The van der Waals surface area contributed by atoms with E-state index in [1.807, 2.05) is 18.2 Å². The summed E-state index contributed by atoms with van der Waals surface area (Å²) in [5.74, 6) is -1.39. The summed E-state index contributed by atoms with van der Waals surface area (Å²) in [6.45, 7) is 0.792. The highest BCUT2D eigenvalue weighted by Gasteiger charge is 2.31. The highest BCUT2D eigenvalue weighted by Crippen LogP contribution is 2.20. The fraction of sp³-hybridized carbons (Fsp3) is 0.267. The molecular formula is C15H14N2O3. The van der Waals surface area contributed by atoms with Crippen LogP contribution in [0.3, 0.4) is 0 Å². The quantitative estimate of drug-likeness (QED) is 0.903. The number of rotatable bonds is 2. The molecule has 1 aromatic carbocycles. The van der Waals surface area contributed by atoms with Crippen LogP contribution in [-0.2, 0) is 4.79 Å². The Hall–Kier alpha value is -2.43. The lowest BCUT2D eigenvalue weighted by atomic mass is 10.1. The molecule has 0 radical (unpaired) electrons. The Kier molecular flexibility index (Phi) is 3.10. The number of likely N-dealkylation sites (tertiary alicyclic amines) is 1. The zero-order valence-electron chi connectivity index (χ0n) is 10.8. The Balaban J connectivity index is 1.84. The lowest BCUT2D eigenvalue weighted by molar-refractivity contribution is -0.141. The minimum atomic E-state index is -0.831. The maximum Gasteiger partial charge on any atom is 0.308 e. The van der Waals surface area contributed by atoms with Crippen LogP contribution >= 0.6 is 0 Å². The lowest BCUT2D eigenvalue weighted by Crippen LogP contribution is -2.29. The van der Waals surface area contributed by atoms with Gasteiger partial charge in [-0.3, -0.25) is 14.6 Å². The summed E-state index contributed by atoms with van der Waals surface area (Å²) < 4.78 is 0. The Morgan fingerprint density at radius 2 is 2.15 bits per heavy atom. The number of nitrogens with zero attached hydrogens (tertiary/aromatic N) is 2. The number of carbonyl (C=O) groups excluding carboxylic acids is 1. The number of aromatic nitrogens is 1. The number of carboxylic acids is 1. The Morgan fingerprint density at radius 3 is 2.90 bits per heavy atom. The summed E-state index contributed by atoms with van der Waals surface area (Å²) in [4.78, 5) is 29.1. The first-order valence-corrected chi connectivity index (χ1v) is 6.52. The Bertz CT molecular complexity index is 684. The number of fused-ring (bicyclic) bond motifs is 1. The van der Waals surface area contributed by atoms with E-state index in [2.05, 4.69) is 4.98 Å². The van der Waals surface area contributed by atoms with Crippen LogP contribution in [0, 0.1) is 5.92 Å². The van der Waals surface area contributed by atoms with Gasteiger partial charge in [-0.15, -0.1) is 0 Å².